The number of nitrogens with one attached hydrogen (secondary N) is 2. The van der Waals surface area contributed by atoms with Gasteiger partial charge in [0, 0.05) is 19.2 Å². The van der Waals surface area contributed by atoms with E-state index in [1.807, 2.05) is 0 Å². The molecule has 108 valence electrons. The zero-order valence-corrected chi connectivity index (χ0v) is 11.7. The second-order valence-corrected chi connectivity index (χ2v) is 5.56. The second-order valence-electron chi connectivity index (χ2n) is 5.56. The van der Waals surface area contributed by atoms with Gasteiger partial charge in [0.2, 0.25) is 5.91 Å². The number of amides is 1. The van der Waals surface area contributed by atoms with Crippen LogP contribution in [0.25, 0.3) is 0 Å². The Morgan fingerprint density at radius 3 is 3.10 bits per heavy atom. The van der Waals surface area contributed by atoms with Gasteiger partial charge >= 0.3 is 0 Å². The van der Waals surface area contributed by atoms with E-state index in [4.69, 9.17) is 4.74 Å². The van der Waals surface area contributed by atoms with E-state index in [-0.39, 0.29) is 18.1 Å². The van der Waals surface area contributed by atoms with Crippen molar-refractivity contribution in [1.29, 1.82) is 0 Å². The predicted octanol–water partition coefficient (Wildman–Crippen LogP) is 1.56. The molecule has 1 fully saturated rings. The minimum absolute atomic E-state index is 0.0366. The Kier molecular flexibility index (Phi) is 4.33. The molecule has 2 aliphatic rings. The third kappa shape index (κ3) is 3.02. The molecular formula is C16H22N2O2. The van der Waals surface area contributed by atoms with Crippen molar-refractivity contribution in [2.24, 2.45) is 0 Å². The molecule has 2 N–H and O–H groups in total. The highest BCUT2D eigenvalue weighted by molar-refractivity contribution is 5.80. The van der Waals surface area contributed by atoms with E-state index in [0.29, 0.717) is 13.2 Å². The minimum Gasteiger partial charge on any atom is -0.368 e. The standard InChI is InChI=1S/C16H22N2O2/c19-16(15-7-3-4-10-20-15)18-11-14-13-6-2-1-5-12(13)8-9-17-14/h1-2,5-6,14-15,17H,3-4,7-11H2,(H,18,19). The van der Waals surface area contributed by atoms with Crippen LogP contribution in [0.5, 0.6) is 0 Å². The third-order valence-electron chi connectivity index (χ3n) is 4.17. The van der Waals surface area contributed by atoms with E-state index in [0.717, 1.165) is 32.2 Å². The van der Waals surface area contributed by atoms with Crippen molar-refractivity contribution in [2.75, 3.05) is 19.7 Å². The van der Waals surface area contributed by atoms with Crippen molar-refractivity contribution in [3.05, 3.63) is 35.4 Å². The molecule has 0 radical (unpaired) electrons. The largest absolute Gasteiger partial charge is 0.368 e. The Balaban J connectivity index is 1.57. The summed E-state index contributed by atoms with van der Waals surface area (Å²) in [5.41, 5.74) is 2.70. The molecule has 20 heavy (non-hydrogen) atoms. The number of carbonyl (C=O) groups is 1. The quantitative estimate of drug-likeness (QED) is 0.879. The molecule has 0 spiro atoms. The summed E-state index contributed by atoms with van der Waals surface area (Å²) in [6.45, 7) is 2.32. The van der Waals surface area contributed by atoms with E-state index in [1.54, 1.807) is 0 Å². The molecule has 0 aromatic heterocycles. The summed E-state index contributed by atoms with van der Waals surface area (Å²) >= 11 is 0. The van der Waals surface area contributed by atoms with E-state index in [9.17, 15) is 4.79 Å². The molecule has 1 aromatic carbocycles. The molecule has 1 aromatic rings. The Labute approximate surface area is 119 Å². The lowest BCUT2D eigenvalue weighted by Crippen LogP contribution is -2.43. The predicted molar refractivity (Wildman–Crippen MR) is 77.5 cm³/mol. The van der Waals surface area contributed by atoms with Crippen molar-refractivity contribution in [1.82, 2.24) is 10.6 Å². The number of benzene rings is 1. The number of hydrogen-bond donors (Lipinski definition) is 2. The van der Waals surface area contributed by atoms with Gasteiger partial charge in [-0.1, -0.05) is 24.3 Å². The normalized spacial score (nSPS) is 25.8. The molecule has 2 atom stereocenters. The summed E-state index contributed by atoms with van der Waals surface area (Å²) in [4.78, 5) is 12.1. The van der Waals surface area contributed by atoms with E-state index in [2.05, 4.69) is 34.9 Å². The SMILES string of the molecule is O=C(NCC1NCCc2ccccc21)C1CCCCO1. The maximum absolute atomic E-state index is 12.1. The van der Waals surface area contributed by atoms with Crippen molar-refractivity contribution in [3.63, 3.8) is 0 Å². The zero-order chi connectivity index (χ0) is 13.8. The number of carbonyl (C=O) groups excluding carboxylic acids is 1. The maximum atomic E-state index is 12.1. The zero-order valence-electron chi connectivity index (χ0n) is 11.7. The molecule has 0 bridgehead atoms. The summed E-state index contributed by atoms with van der Waals surface area (Å²) in [7, 11) is 0. The van der Waals surface area contributed by atoms with Crippen molar-refractivity contribution in [3.8, 4) is 0 Å². The van der Waals surface area contributed by atoms with Gasteiger partial charge in [-0.15, -0.1) is 0 Å². The molecule has 1 amide bonds. The molecule has 0 saturated carbocycles. The Bertz CT molecular complexity index is 469. The Hall–Kier alpha value is -1.39. The molecule has 4 nitrogen and oxygen atoms in total. The fraction of sp³-hybridized carbons (Fsp3) is 0.562. The van der Waals surface area contributed by atoms with Crippen molar-refractivity contribution < 1.29 is 9.53 Å². The molecule has 3 rings (SSSR count). The van der Waals surface area contributed by atoms with Crippen LogP contribution in [-0.4, -0.2) is 31.7 Å². The molecule has 0 aliphatic carbocycles. The Morgan fingerprint density at radius 1 is 1.35 bits per heavy atom. The van der Waals surface area contributed by atoms with Crippen LogP contribution < -0.4 is 10.6 Å². The average Bonchev–Trinajstić information content (AvgIpc) is 2.53. The van der Waals surface area contributed by atoms with Crippen LogP contribution in [0.2, 0.25) is 0 Å². The van der Waals surface area contributed by atoms with Crippen molar-refractivity contribution >= 4 is 5.91 Å². The van der Waals surface area contributed by atoms with Gasteiger partial charge in [0.25, 0.3) is 0 Å². The fourth-order valence-electron chi connectivity index (χ4n) is 3.04. The lowest BCUT2D eigenvalue weighted by atomic mass is 9.94. The van der Waals surface area contributed by atoms with Crippen LogP contribution in [0.4, 0.5) is 0 Å². The first-order valence-electron chi connectivity index (χ1n) is 7.55. The Morgan fingerprint density at radius 2 is 2.25 bits per heavy atom. The topological polar surface area (TPSA) is 50.4 Å². The second kappa shape index (κ2) is 6.37. The molecule has 4 heteroatoms. The van der Waals surface area contributed by atoms with Gasteiger partial charge in [-0.2, -0.15) is 0 Å². The lowest BCUT2D eigenvalue weighted by Gasteiger charge is -2.28. The summed E-state index contributed by atoms with van der Waals surface area (Å²) < 4.78 is 5.52. The van der Waals surface area contributed by atoms with Crippen LogP contribution in [-0.2, 0) is 16.0 Å². The smallest absolute Gasteiger partial charge is 0.249 e. The van der Waals surface area contributed by atoms with Gasteiger partial charge in [-0.05, 0) is 43.4 Å². The average molecular weight is 274 g/mol. The highest BCUT2D eigenvalue weighted by Gasteiger charge is 2.24. The summed E-state index contributed by atoms with van der Waals surface area (Å²) in [6, 6.07) is 8.68. The van der Waals surface area contributed by atoms with E-state index < -0.39 is 0 Å². The van der Waals surface area contributed by atoms with Crippen LogP contribution in [0.15, 0.2) is 24.3 Å². The van der Waals surface area contributed by atoms with Crippen LogP contribution in [0.3, 0.4) is 0 Å². The monoisotopic (exact) mass is 274 g/mol. The first-order valence-corrected chi connectivity index (χ1v) is 7.55. The summed E-state index contributed by atoms with van der Waals surface area (Å²) in [5, 5.41) is 6.51. The number of ether oxygens (including phenoxy) is 1. The van der Waals surface area contributed by atoms with Gasteiger partial charge in [0.1, 0.15) is 6.10 Å². The van der Waals surface area contributed by atoms with Gasteiger partial charge in [0.05, 0.1) is 0 Å². The number of hydrogen-bond acceptors (Lipinski definition) is 3. The number of fused-ring (bicyclic) bond motifs is 1. The molecular weight excluding hydrogens is 252 g/mol. The van der Waals surface area contributed by atoms with Gasteiger partial charge in [-0.3, -0.25) is 4.79 Å². The van der Waals surface area contributed by atoms with E-state index >= 15 is 0 Å². The molecule has 1 saturated heterocycles. The fourth-order valence-corrected chi connectivity index (χ4v) is 3.04. The van der Waals surface area contributed by atoms with Gasteiger partial charge in [0.15, 0.2) is 0 Å². The minimum atomic E-state index is -0.248. The number of rotatable bonds is 3. The van der Waals surface area contributed by atoms with Gasteiger partial charge in [-0.25, -0.2) is 0 Å². The van der Waals surface area contributed by atoms with Gasteiger partial charge < -0.3 is 15.4 Å². The summed E-state index contributed by atoms with van der Waals surface area (Å²) in [5.74, 6) is 0.0366. The molecule has 2 unspecified atom stereocenters. The van der Waals surface area contributed by atoms with Crippen LogP contribution >= 0.6 is 0 Å². The third-order valence-corrected chi connectivity index (χ3v) is 4.17. The molecule has 2 heterocycles. The van der Waals surface area contributed by atoms with E-state index in [1.165, 1.54) is 11.1 Å². The molecule has 2 aliphatic heterocycles. The first-order chi connectivity index (χ1) is 9.84. The first kappa shape index (κ1) is 13.6. The highest BCUT2D eigenvalue weighted by atomic mass is 16.5. The lowest BCUT2D eigenvalue weighted by molar-refractivity contribution is -0.135. The highest BCUT2D eigenvalue weighted by Crippen LogP contribution is 2.22. The maximum Gasteiger partial charge on any atom is 0.249 e. The van der Waals surface area contributed by atoms with Crippen LogP contribution in [0, 0.1) is 0 Å². The van der Waals surface area contributed by atoms with Crippen LogP contribution in [0.1, 0.15) is 36.4 Å². The summed E-state index contributed by atoms with van der Waals surface area (Å²) in [6.07, 6.45) is 3.82. The van der Waals surface area contributed by atoms with Crippen molar-refractivity contribution in [2.45, 2.75) is 37.8 Å².